The molecule has 0 aromatic carbocycles. The van der Waals surface area contributed by atoms with Crippen LogP contribution in [0.4, 0.5) is 5.82 Å². The lowest BCUT2D eigenvalue weighted by molar-refractivity contribution is 0.0731. The second kappa shape index (κ2) is 5.37. The van der Waals surface area contributed by atoms with Gasteiger partial charge < -0.3 is 14.4 Å². The van der Waals surface area contributed by atoms with Gasteiger partial charge in [0, 0.05) is 45.0 Å². The van der Waals surface area contributed by atoms with Crippen LogP contribution in [0.2, 0.25) is 0 Å². The number of pyridine rings is 1. The van der Waals surface area contributed by atoms with Crippen molar-refractivity contribution < 1.29 is 4.79 Å². The molecule has 0 saturated heterocycles. The fourth-order valence-electron chi connectivity index (χ4n) is 3.26. The second-order valence-corrected chi connectivity index (χ2v) is 6.52. The van der Waals surface area contributed by atoms with Crippen molar-refractivity contribution in [2.75, 3.05) is 25.5 Å². The van der Waals surface area contributed by atoms with E-state index in [1.165, 1.54) is 18.5 Å². The zero-order chi connectivity index (χ0) is 16.0. The largest absolute Gasteiger partial charge is 0.362 e. The van der Waals surface area contributed by atoms with Crippen LogP contribution in [0.25, 0.3) is 0 Å². The molecule has 2 aromatic rings. The summed E-state index contributed by atoms with van der Waals surface area (Å²) in [7, 11) is 3.81. The molecule has 4 rings (SSSR count). The SMILES string of the molecule is CN(C)c1ncccc1C(=O)N1CCc2c(ncn2C2CC2)C1. The maximum Gasteiger partial charge on any atom is 0.257 e. The summed E-state index contributed by atoms with van der Waals surface area (Å²) in [6.45, 7) is 1.33. The first-order valence-electron chi connectivity index (χ1n) is 8.11. The first-order chi connectivity index (χ1) is 11.1. The zero-order valence-electron chi connectivity index (χ0n) is 13.6. The van der Waals surface area contributed by atoms with Gasteiger partial charge in [-0.25, -0.2) is 9.97 Å². The number of nitrogens with zero attached hydrogens (tertiary/aromatic N) is 5. The van der Waals surface area contributed by atoms with Gasteiger partial charge in [0.1, 0.15) is 5.82 Å². The van der Waals surface area contributed by atoms with Crippen LogP contribution in [0.5, 0.6) is 0 Å². The molecule has 0 spiro atoms. The van der Waals surface area contributed by atoms with E-state index in [0.29, 0.717) is 24.0 Å². The van der Waals surface area contributed by atoms with Crippen LogP contribution >= 0.6 is 0 Å². The Bertz CT molecular complexity index is 747. The molecular formula is C17H21N5O. The van der Waals surface area contributed by atoms with Crippen LogP contribution in [0.3, 0.4) is 0 Å². The number of fused-ring (bicyclic) bond motifs is 1. The highest BCUT2D eigenvalue weighted by Crippen LogP contribution is 2.37. The molecular weight excluding hydrogens is 290 g/mol. The van der Waals surface area contributed by atoms with E-state index in [-0.39, 0.29) is 5.91 Å². The van der Waals surface area contributed by atoms with E-state index < -0.39 is 0 Å². The van der Waals surface area contributed by atoms with Gasteiger partial charge in [0.25, 0.3) is 5.91 Å². The Labute approximate surface area is 135 Å². The Morgan fingerprint density at radius 3 is 2.87 bits per heavy atom. The molecule has 2 aromatic heterocycles. The first kappa shape index (κ1) is 14.2. The molecule has 3 heterocycles. The molecule has 23 heavy (non-hydrogen) atoms. The smallest absolute Gasteiger partial charge is 0.257 e. The van der Waals surface area contributed by atoms with Gasteiger partial charge in [-0.3, -0.25) is 4.79 Å². The topological polar surface area (TPSA) is 54.3 Å². The number of carbonyl (C=O) groups is 1. The number of aromatic nitrogens is 3. The lowest BCUT2D eigenvalue weighted by Gasteiger charge is -2.28. The molecule has 1 aliphatic carbocycles. The molecule has 120 valence electrons. The van der Waals surface area contributed by atoms with E-state index in [0.717, 1.165) is 18.7 Å². The number of rotatable bonds is 3. The molecule has 1 amide bonds. The van der Waals surface area contributed by atoms with Gasteiger partial charge in [-0.2, -0.15) is 0 Å². The minimum Gasteiger partial charge on any atom is -0.362 e. The van der Waals surface area contributed by atoms with E-state index in [2.05, 4.69) is 14.5 Å². The molecule has 0 N–H and O–H groups in total. The van der Waals surface area contributed by atoms with Gasteiger partial charge >= 0.3 is 0 Å². The Morgan fingerprint density at radius 2 is 2.13 bits per heavy atom. The lowest BCUT2D eigenvalue weighted by Crippen LogP contribution is -2.37. The van der Waals surface area contributed by atoms with Crippen molar-refractivity contribution >= 4 is 11.7 Å². The Hall–Kier alpha value is -2.37. The zero-order valence-corrected chi connectivity index (χ0v) is 13.6. The van der Waals surface area contributed by atoms with Crippen molar-refractivity contribution in [2.24, 2.45) is 0 Å². The van der Waals surface area contributed by atoms with E-state index in [1.807, 2.05) is 42.4 Å². The molecule has 0 unspecified atom stereocenters. The van der Waals surface area contributed by atoms with Crippen molar-refractivity contribution in [3.8, 4) is 0 Å². The van der Waals surface area contributed by atoms with Crippen LogP contribution < -0.4 is 4.90 Å². The van der Waals surface area contributed by atoms with Gasteiger partial charge in [0.15, 0.2) is 0 Å². The highest BCUT2D eigenvalue weighted by Gasteiger charge is 2.31. The van der Waals surface area contributed by atoms with Crippen molar-refractivity contribution in [2.45, 2.75) is 31.8 Å². The first-order valence-corrected chi connectivity index (χ1v) is 8.11. The maximum atomic E-state index is 12.9. The molecule has 2 aliphatic rings. The van der Waals surface area contributed by atoms with Crippen molar-refractivity contribution in [3.05, 3.63) is 41.6 Å². The van der Waals surface area contributed by atoms with Crippen LogP contribution in [0.15, 0.2) is 24.7 Å². The molecule has 0 radical (unpaired) electrons. The average molecular weight is 311 g/mol. The molecule has 1 aliphatic heterocycles. The highest BCUT2D eigenvalue weighted by molar-refractivity contribution is 5.98. The van der Waals surface area contributed by atoms with Crippen molar-refractivity contribution in [1.29, 1.82) is 0 Å². The van der Waals surface area contributed by atoms with Gasteiger partial charge in [-0.1, -0.05) is 0 Å². The monoisotopic (exact) mass is 311 g/mol. The van der Waals surface area contributed by atoms with Gasteiger partial charge in [-0.15, -0.1) is 0 Å². The summed E-state index contributed by atoms with van der Waals surface area (Å²) in [5.41, 5.74) is 3.02. The maximum absolute atomic E-state index is 12.9. The molecule has 1 fully saturated rings. The van der Waals surface area contributed by atoms with E-state index in [1.54, 1.807) is 6.20 Å². The summed E-state index contributed by atoms with van der Waals surface area (Å²) < 4.78 is 2.31. The summed E-state index contributed by atoms with van der Waals surface area (Å²) in [6, 6.07) is 4.31. The third-order valence-electron chi connectivity index (χ3n) is 4.61. The van der Waals surface area contributed by atoms with Crippen LogP contribution in [0.1, 0.15) is 40.6 Å². The van der Waals surface area contributed by atoms with Crippen LogP contribution in [0, 0.1) is 0 Å². The second-order valence-electron chi connectivity index (χ2n) is 6.52. The molecule has 1 saturated carbocycles. The molecule has 0 bridgehead atoms. The Kier molecular flexibility index (Phi) is 3.32. The van der Waals surface area contributed by atoms with E-state index in [4.69, 9.17) is 0 Å². The average Bonchev–Trinajstić information content (AvgIpc) is 3.33. The summed E-state index contributed by atoms with van der Waals surface area (Å²) in [6.07, 6.45) is 7.07. The molecule has 0 atom stereocenters. The minimum absolute atomic E-state index is 0.0356. The summed E-state index contributed by atoms with van der Waals surface area (Å²) in [5, 5.41) is 0. The third-order valence-corrected chi connectivity index (χ3v) is 4.61. The number of carbonyl (C=O) groups excluding carboxylic acids is 1. The number of hydrogen-bond donors (Lipinski definition) is 0. The van der Waals surface area contributed by atoms with Crippen LogP contribution in [-0.4, -0.2) is 46.0 Å². The van der Waals surface area contributed by atoms with Crippen LogP contribution in [-0.2, 0) is 13.0 Å². The number of hydrogen-bond acceptors (Lipinski definition) is 4. The van der Waals surface area contributed by atoms with E-state index >= 15 is 0 Å². The van der Waals surface area contributed by atoms with Crippen molar-refractivity contribution in [3.63, 3.8) is 0 Å². The Balaban J connectivity index is 1.58. The van der Waals surface area contributed by atoms with Crippen molar-refractivity contribution in [1.82, 2.24) is 19.4 Å². The standard InChI is InChI=1S/C17H21N5O/c1-20(2)16-13(4-3-8-18-16)17(23)21-9-7-15-14(10-21)19-11-22(15)12-5-6-12/h3-4,8,11-12H,5-7,9-10H2,1-2H3. The molecule has 6 nitrogen and oxygen atoms in total. The minimum atomic E-state index is 0.0356. The summed E-state index contributed by atoms with van der Waals surface area (Å²) in [4.78, 5) is 25.6. The fourth-order valence-corrected chi connectivity index (χ4v) is 3.26. The third kappa shape index (κ3) is 2.48. The number of anilines is 1. The quantitative estimate of drug-likeness (QED) is 0.868. The predicted molar refractivity (Wildman–Crippen MR) is 87.5 cm³/mol. The van der Waals surface area contributed by atoms with Gasteiger partial charge in [0.05, 0.1) is 24.1 Å². The number of imidazole rings is 1. The predicted octanol–water partition coefficient (Wildman–Crippen LogP) is 1.88. The highest BCUT2D eigenvalue weighted by atomic mass is 16.2. The fraction of sp³-hybridized carbons (Fsp3) is 0.471. The number of amides is 1. The Morgan fingerprint density at radius 1 is 1.30 bits per heavy atom. The lowest BCUT2D eigenvalue weighted by atomic mass is 10.1. The summed E-state index contributed by atoms with van der Waals surface area (Å²) in [5.74, 6) is 0.750. The van der Waals surface area contributed by atoms with Gasteiger partial charge in [-0.05, 0) is 25.0 Å². The summed E-state index contributed by atoms with van der Waals surface area (Å²) >= 11 is 0. The normalized spacial score (nSPS) is 17.0. The molecule has 6 heteroatoms. The van der Waals surface area contributed by atoms with Gasteiger partial charge in [0.2, 0.25) is 0 Å². The van der Waals surface area contributed by atoms with E-state index in [9.17, 15) is 4.79 Å².